The fraction of sp³-hybridized carbons (Fsp3) is 0.400. The number of hydrogen-bond donors (Lipinski definition) is 2. The van der Waals surface area contributed by atoms with Crippen LogP contribution >= 0.6 is 0 Å². The third-order valence-electron chi connectivity index (χ3n) is 6.82. The number of nitrogens with one attached hydrogen (secondary N) is 2. The predicted molar refractivity (Wildman–Crippen MR) is 131 cm³/mol. The topological polar surface area (TPSA) is 88.1 Å². The molecule has 3 aromatic heterocycles. The lowest BCUT2D eigenvalue weighted by molar-refractivity contribution is 0.122. The summed E-state index contributed by atoms with van der Waals surface area (Å²) in [6.45, 7) is 3.21. The third kappa shape index (κ3) is 3.84. The standard InChI is InChI=1S/C25H28N6O2/c32-25-23-21(10-11-26-25)31(19-4-2-1-3-5-19)29-24(23)27-18-7-8-20-17(16-18)6-9-22(28-20)30-12-14-33-15-13-30/h6-11,16,19H,1-5,12-15H2,(H,26,32)(H,27,29). The van der Waals surface area contributed by atoms with Crippen molar-refractivity contribution in [3.05, 3.63) is 52.9 Å². The molecule has 2 fully saturated rings. The van der Waals surface area contributed by atoms with E-state index in [1.807, 2.05) is 18.2 Å². The molecule has 4 heterocycles. The smallest absolute Gasteiger partial charge is 0.261 e. The zero-order valence-electron chi connectivity index (χ0n) is 18.6. The zero-order chi connectivity index (χ0) is 22.2. The van der Waals surface area contributed by atoms with Gasteiger partial charge in [-0.2, -0.15) is 5.10 Å². The van der Waals surface area contributed by atoms with Gasteiger partial charge in [-0.3, -0.25) is 9.48 Å². The fourth-order valence-electron chi connectivity index (χ4n) is 5.09. The van der Waals surface area contributed by atoms with Gasteiger partial charge < -0.3 is 19.9 Å². The summed E-state index contributed by atoms with van der Waals surface area (Å²) in [4.78, 5) is 22.6. The van der Waals surface area contributed by atoms with Crippen LogP contribution in [0, 0.1) is 0 Å². The molecular formula is C25H28N6O2. The Bertz CT molecular complexity index is 1350. The van der Waals surface area contributed by atoms with Crippen molar-refractivity contribution >= 4 is 39.1 Å². The van der Waals surface area contributed by atoms with E-state index in [1.165, 1.54) is 19.3 Å². The lowest BCUT2D eigenvalue weighted by atomic mass is 9.95. The van der Waals surface area contributed by atoms with Crippen LogP contribution in [0.25, 0.3) is 21.8 Å². The van der Waals surface area contributed by atoms with E-state index in [-0.39, 0.29) is 5.56 Å². The molecule has 0 amide bonds. The maximum absolute atomic E-state index is 12.7. The van der Waals surface area contributed by atoms with Crippen LogP contribution in [-0.2, 0) is 4.74 Å². The molecule has 4 aromatic rings. The molecule has 0 atom stereocenters. The van der Waals surface area contributed by atoms with Crippen molar-refractivity contribution in [3.8, 4) is 0 Å². The van der Waals surface area contributed by atoms with Crippen LogP contribution in [0.2, 0.25) is 0 Å². The van der Waals surface area contributed by atoms with Crippen molar-refractivity contribution in [2.24, 2.45) is 0 Å². The summed E-state index contributed by atoms with van der Waals surface area (Å²) in [6, 6.07) is 12.6. The molecule has 8 heteroatoms. The van der Waals surface area contributed by atoms with E-state index >= 15 is 0 Å². The minimum absolute atomic E-state index is 0.116. The van der Waals surface area contributed by atoms with Gasteiger partial charge in [0.15, 0.2) is 5.82 Å². The number of H-pyrrole nitrogens is 1. The van der Waals surface area contributed by atoms with Crippen LogP contribution in [0.1, 0.15) is 38.1 Å². The number of ether oxygens (including phenoxy) is 1. The molecule has 0 radical (unpaired) electrons. The number of pyridine rings is 2. The molecule has 1 saturated heterocycles. The van der Waals surface area contributed by atoms with Gasteiger partial charge in [-0.05, 0) is 49.2 Å². The van der Waals surface area contributed by atoms with Gasteiger partial charge in [0.1, 0.15) is 11.2 Å². The van der Waals surface area contributed by atoms with Crippen LogP contribution in [-0.4, -0.2) is 46.1 Å². The van der Waals surface area contributed by atoms with E-state index in [9.17, 15) is 4.79 Å². The van der Waals surface area contributed by atoms with Gasteiger partial charge in [-0.25, -0.2) is 4.98 Å². The first kappa shape index (κ1) is 20.2. The highest BCUT2D eigenvalue weighted by Crippen LogP contribution is 2.33. The Hall–Kier alpha value is -3.39. The van der Waals surface area contributed by atoms with Crippen LogP contribution in [0.3, 0.4) is 0 Å². The number of fused-ring (bicyclic) bond motifs is 2. The van der Waals surface area contributed by atoms with Crippen molar-refractivity contribution in [1.29, 1.82) is 0 Å². The minimum Gasteiger partial charge on any atom is -0.378 e. The van der Waals surface area contributed by atoms with Crippen molar-refractivity contribution in [1.82, 2.24) is 19.7 Å². The van der Waals surface area contributed by atoms with Gasteiger partial charge in [-0.1, -0.05) is 19.3 Å². The third-order valence-corrected chi connectivity index (χ3v) is 6.82. The van der Waals surface area contributed by atoms with Gasteiger partial charge in [0.25, 0.3) is 5.56 Å². The van der Waals surface area contributed by atoms with Crippen molar-refractivity contribution in [3.63, 3.8) is 0 Å². The number of benzene rings is 1. The Morgan fingerprint density at radius 1 is 1.03 bits per heavy atom. The molecule has 1 aliphatic carbocycles. The average Bonchev–Trinajstić information content (AvgIpc) is 3.24. The molecule has 0 unspecified atom stereocenters. The van der Waals surface area contributed by atoms with Crippen molar-refractivity contribution in [2.75, 3.05) is 36.5 Å². The van der Waals surface area contributed by atoms with E-state index < -0.39 is 0 Å². The van der Waals surface area contributed by atoms with E-state index in [2.05, 4.69) is 38.1 Å². The Morgan fingerprint density at radius 2 is 1.88 bits per heavy atom. The van der Waals surface area contributed by atoms with E-state index in [4.69, 9.17) is 14.8 Å². The first-order valence-corrected chi connectivity index (χ1v) is 11.9. The van der Waals surface area contributed by atoms with Gasteiger partial charge in [-0.15, -0.1) is 0 Å². The van der Waals surface area contributed by atoms with E-state index in [0.29, 0.717) is 17.2 Å². The summed E-state index contributed by atoms with van der Waals surface area (Å²) in [7, 11) is 0. The molecule has 1 aliphatic heterocycles. The molecule has 1 saturated carbocycles. The average molecular weight is 445 g/mol. The van der Waals surface area contributed by atoms with Crippen LogP contribution in [0.15, 0.2) is 47.4 Å². The van der Waals surface area contributed by atoms with Gasteiger partial charge in [0, 0.05) is 30.4 Å². The van der Waals surface area contributed by atoms with Gasteiger partial charge >= 0.3 is 0 Å². The molecule has 2 aliphatic rings. The molecule has 33 heavy (non-hydrogen) atoms. The maximum atomic E-state index is 12.7. The molecule has 170 valence electrons. The number of aromatic amines is 1. The fourth-order valence-corrected chi connectivity index (χ4v) is 5.09. The molecule has 0 bridgehead atoms. The van der Waals surface area contributed by atoms with E-state index in [1.54, 1.807) is 6.20 Å². The highest BCUT2D eigenvalue weighted by atomic mass is 16.5. The lowest BCUT2D eigenvalue weighted by Crippen LogP contribution is -2.36. The highest BCUT2D eigenvalue weighted by molar-refractivity contribution is 5.92. The lowest BCUT2D eigenvalue weighted by Gasteiger charge is -2.27. The first-order valence-electron chi connectivity index (χ1n) is 11.9. The largest absolute Gasteiger partial charge is 0.378 e. The second-order valence-electron chi connectivity index (χ2n) is 8.95. The molecule has 8 nitrogen and oxygen atoms in total. The Kier molecular flexibility index (Phi) is 5.22. The number of hydrogen-bond acceptors (Lipinski definition) is 6. The number of morpholine rings is 1. The highest BCUT2D eigenvalue weighted by Gasteiger charge is 2.22. The predicted octanol–water partition coefficient (Wildman–Crippen LogP) is 4.36. The summed E-state index contributed by atoms with van der Waals surface area (Å²) >= 11 is 0. The summed E-state index contributed by atoms with van der Waals surface area (Å²) in [5.74, 6) is 1.59. The summed E-state index contributed by atoms with van der Waals surface area (Å²) in [5, 5.41) is 9.94. The van der Waals surface area contributed by atoms with Crippen LogP contribution < -0.4 is 15.8 Å². The maximum Gasteiger partial charge on any atom is 0.261 e. The second-order valence-corrected chi connectivity index (χ2v) is 8.95. The molecule has 2 N–H and O–H groups in total. The normalized spacial score (nSPS) is 17.6. The Morgan fingerprint density at radius 3 is 2.73 bits per heavy atom. The summed E-state index contributed by atoms with van der Waals surface area (Å²) < 4.78 is 7.51. The van der Waals surface area contributed by atoms with Crippen molar-refractivity contribution in [2.45, 2.75) is 38.1 Å². The van der Waals surface area contributed by atoms with Gasteiger partial charge in [0.2, 0.25) is 0 Å². The zero-order valence-corrected chi connectivity index (χ0v) is 18.6. The number of aromatic nitrogens is 4. The van der Waals surface area contributed by atoms with Crippen LogP contribution in [0.4, 0.5) is 17.3 Å². The number of rotatable bonds is 4. The second kappa shape index (κ2) is 8.51. The van der Waals surface area contributed by atoms with Crippen LogP contribution in [0.5, 0.6) is 0 Å². The minimum atomic E-state index is -0.116. The van der Waals surface area contributed by atoms with E-state index in [0.717, 1.165) is 67.1 Å². The molecular weight excluding hydrogens is 416 g/mol. The summed E-state index contributed by atoms with van der Waals surface area (Å²) in [5.41, 5.74) is 2.61. The Labute approximate surface area is 191 Å². The summed E-state index contributed by atoms with van der Waals surface area (Å²) in [6.07, 6.45) is 7.62. The Balaban J connectivity index is 1.33. The number of anilines is 3. The molecule has 6 rings (SSSR count). The molecule has 1 aromatic carbocycles. The first-order chi connectivity index (χ1) is 16.3. The quantitative estimate of drug-likeness (QED) is 0.486. The molecule has 0 spiro atoms. The number of nitrogens with zero attached hydrogens (tertiary/aromatic N) is 4. The monoisotopic (exact) mass is 444 g/mol. The SMILES string of the molecule is O=c1[nH]ccc2c1c(Nc1ccc3nc(N4CCOCC4)ccc3c1)nn2C1CCCCC1. The van der Waals surface area contributed by atoms with Crippen molar-refractivity contribution < 1.29 is 4.74 Å². The van der Waals surface area contributed by atoms with Gasteiger partial charge in [0.05, 0.1) is 30.3 Å².